The molecule has 0 aromatic heterocycles. The topological polar surface area (TPSA) is 191 Å². The second-order valence-electron chi connectivity index (χ2n) is 4.91. The first-order valence-corrected chi connectivity index (χ1v) is 9.87. The Labute approximate surface area is 139 Å². The van der Waals surface area contributed by atoms with E-state index in [9.17, 15) is 29.5 Å². The summed E-state index contributed by atoms with van der Waals surface area (Å²) in [5.74, 6) is 0. The molecule has 1 atom stereocenters. The third-order valence-electron chi connectivity index (χ3n) is 3.08. The van der Waals surface area contributed by atoms with Crippen molar-refractivity contribution in [1.29, 1.82) is 0 Å². The molecular weight excluding hydrogens is 364 g/mol. The Morgan fingerprint density at radius 3 is 2.25 bits per heavy atom. The van der Waals surface area contributed by atoms with E-state index in [1.165, 1.54) is 0 Å². The van der Waals surface area contributed by atoms with E-state index in [0.717, 1.165) is 5.56 Å². The van der Waals surface area contributed by atoms with Crippen LogP contribution in [-0.4, -0.2) is 32.6 Å². The summed E-state index contributed by atoms with van der Waals surface area (Å²) < 4.78 is 4.85. The summed E-state index contributed by atoms with van der Waals surface area (Å²) in [6.45, 7) is -0.259. The summed E-state index contributed by atoms with van der Waals surface area (Å²) in [6, 6.07) is 8.75. The Hall–Kier alpha value is -0.930. The zero-order valence-electron chi connectivity index (χ0n) is 12.4. The molecule has 4 N–H and O–H groups in total. The standard InChI is InChI=1S/C12H19NO9P2/c14-11(22-9-10-5-2-1-3-6-10)13-8-4-7-12(15,23(16,17)18)24(19,20)21/h1-3,5-6,15H,4,7-9H2,(H,13,14)(H2,16,17,18)(H2,19,20,21)/p-2. The Morgan fingerprint density at radius 1 is 1.17 bits per heavy atom. The largest absolute Gasteiger partial charge is 0.682 e. The van der Waals surface area contributed by atoms with Crippen molar-refractivity contribution in [3.8, 4) is 0 Å². The highest BCUT2D eigenvalue weighted by Gasteiger charge is 2.56. The van der Waals surface area contributed by atoms with Crippen LogP contribution in [-0.2, 0) is 11.3 Å². The fraction of sp³-hybridized carbons (Fsp3) is 0.417. The molecule has 0 saturated heterocycles. The number of carbonyl (C=O) groups excluding carboxylic acids is 1. The molecule has 24 heavy (non-hydrogen) atoms. The number of carbonyl (C=O) groups is 1. The van der Waals surface area contributed by atoms with Crippen molar-refractivity contribution in [1.82, 2.24) is 5.32 Å². The quantitative estimate of drug-likeness (QED) is 0.274. The van der Waals surface area contributed by atoms with Crippen molar-refractivity contribution >= 4 is 22.0 Å². The molecule has 0 aliphatic carbocycles. The van der Waals surface area contributed by atoms with Gasteiger partial charge in [0.1, 0.15) is 6.61 Å². The lowest BCUT2D eigenvalue weighted by Gasteiger charge is -2.53. The monoisotopic (exact) mass is 381 g/mol. The first-order valence-electron chi connectivity index (χ1n) is 6.72. The highest BCUT2D eigenvalue weighted by molar-refractivity contribution is 7.75. The smallest absolute Gasteiger partial charge is 0.407 e. The van der Waals surface area contributed by atoms with Gasteiger partial charge in [-0.1, -0.05) is 38.3 Å². The number of benzene rings is 1. The summed E-state index contributed by atoms with van der Waals surface area (Å²) in [5, 5.41) is 8.02. The van der Waals surface area contributed by atoms with Crippen molar-refractivity contribution in [2.75, 3.05) is 6.54 Å². The first kappa shape index (κ1) is 21.1. The molecule has 1 aromatic carbocycles. The molecule has 0 aliphatic heterocycles. The number of aliphatic hydroxyl groups is 1. The molecule has 136 valence electrons. The summed E-state index contributed by atoms with van der Waals surface area (Å²) in [5.41, 5.74) is 0.738. The van der Waals surface area contributed by atoms with Crippen molar-refractivity contribution in [3.05, 3.63) is 35.9 Å². The van der Waals surface area contributed by atoms with Crippen LogP contribution in [0.25, 0.3) is 0 Å². The predicted octanol–water partition coefficient (Wildman–Crippen LogP) is -2.71. The minimum Gasteiger partial charge on any atom is -0.682 e. The van der Waals surface area contributed by atoms with Gasteiger partial charge >= 0.3 is 19.1 Å². The molecule has 0 bridgehead atoms. The summed E-state index contributed by atoms with van der Waals surface area (Å²) in [7, 11) is -11.6. The van der Waals surface area contributed by atoms with Crippen LogP contribution in [0.2, 0.25) is 0 Å². The van der Waals surface area contributed by atoms with Crippen molar-refractivity contribution in [2.45, 2.75) is 24.5 Å². The second-order valence-corrected chi connectivity index (χ2v) is 8.82. The van der Waals surface area contributed by atoms with Crippen LogP contribution in [0, 0.1) is 0 Å². The molecule has 0 heterocycles. The van der Waals surface area contributed by atoms with Crippen LogP contribution in [0.1, 0.15) is 18.4 Å². The third-order valence-corrected chi connectivity index (χ3v) is 6.85. The van der Waals surface area contributed by atoms with Crippen LogP contribution in [0.5, 0.6) is 0 Å². The van der Waals surface area contributed by atoms with Gasteiger partial charge in [0.15, 0.2) is 0 Å². The summed E-state index contributed by atoms with van der Waals surface area (Å²) >= 11 is 0. The minimum atomic E-state index is -5.98. The predicted molar refractivity (Wildman–Crippen MR) is 77.1 cm³/mol. The van der Waals surface area contributed by atoms with Crippen LogP contribution >= 0.6 is 15.9 Å². The molecule has 12 heteroatoms. The van der Waals surface area contributed by atoms with Gasteiger partial charge in [-0.2, -0.15) is 0 Å². The van der Waals surface area contributed by atoms with E-state index in [0.29, 0.717) is 0 Å². The Kier molecular flexibility index (Phi) is 7.43. The van der Waals surface area contributed by atoms with E-state index in [1.807, 2.05) is 0 Å². The number of rotatable bonds is 8. The highest BCUT2D eigenvalue weighted by atomic mass is 31.3. The van der Waals surface area contributed by atoms with Gasteiger partial charge in [0.2, 0.25) is 0 Å². The van der Waals surface area contributed by atoms with E-state index in [2.05, 4.69) is 5.32 Å². The van der Waals surface area contributed by atoms with Gasteiger partial charge in [-0.05, 0) is 12.0 Å². The lowest BCUT2D eigenvalue weighted by atomic mass is 10.2. The van der Waals surface area contributed by atoms with E-state index >= 15 is 0 Å². The Bertz CT molecular complexity index is 516. The average Bonchev–Trinajstić information content (AvgIpc) is 2.48. The summed E-state index contributed by atoms with van der Waals surface area (Å²) in [4.78, 5) is 72.9. The SMILES string of the molecule is O=C(NCCCC(O)([P+]([O-])([O-])[O-])[P+]([O-])(O)O)OCc1ccccc1. The summed E-state index contributed by atoms with van der Waals surface area (Å²) in [6.07, 6.45) is -2.23. The van der Waals surface area contributed by atoms with Crippen molar-refractivity contribution in [2.24, 2.45) is 0 Å². The number of alkyl carbamates (subject to hydrolysis) is 1. The first-order chi connectivity index (χ1) is 11.0. The molecular formula is C12H17NO9P2-2. The van der Waals surface area contributed by atoms with Crippen molar-refractivity contribution < 1.29 is 44.0 Å². The fourth-order valence-electron chi connectivity index (χ4n) is 1.73. The maximum absolute atomic E-state index is 11.4. The van der Waals surface area contributed by atoms with Gasteiger partial charge in [-0.15, -0.1) is 0 Å². The average molecular weight is 381 g/mol. The Balaban J connectivity index is 2.40. The van der Waals surface area contributed by atoms with Crippen LogP contribution in [0.4, 0.5) is 4.79 Å². The zero-order chi connectivity index (χ0) is 18.4. The lowest BCUT2D eigenvalue weighted by Crippen LogP contribution is -2.53. The molecule has 0 aliphatic rings. The second kappa shape index (κ2) is 8.44. The van der Waals surface area contributed by atoms with E-state index in [1.54, 1.807) is 30.3 Å². The fourth-order valence-corrected chi connectivity index (χ4v) is 3.89. The number of ether oxygens (including phenoxy) is 1. The van der Waals surface area contributed by atoms with Gasteiger partial charge in [0, 0.05) is 6.54 Å². The van der Waals surface area contributed by atoms with Crippen molar-refractivity contribution in [3.63, 3.8) is 0 Å². The third kappa shape index (κ3) is 5.86. The normalized spacial score (nSPS) is 14.8. The molecule has 0 radical (unpaired) electrons. The van der Waals surface area contributed by atoms with Crippen LogP contribution < -0.4 is 24.9 Å². The number of hydrogen-bond donors (Lipinski definition) is 4. The van der Waals surface area contributed by atoms with Gasteiger partial charge in [-0.25, -0.2) is 14.6 Å². The maximum atomic E-state index is 11.4. The highest BCUT2D eigenvalue weighted by Crippen LogP contribution is 2.69. The van der Waals surface area contributed by atoms with Crippen LogP contribution in [0.15, 0.2) is 30.3 Å². The van der Waals surface area contributed by atoms with Gasteiger partial charge < -0.3 is 34.7 Å². The number of hydrogen-bond acceptors (Lipinski definition) is 9. The minimum absolute atomic E-state index is 0.00455. The zero-order valence-corrected chi connectivity index (χ0v) is 14.2. The van der Waals surface area contributed by atoms with Gasteiger partial charge in [0.05, 0.1) is 6.42 Å². The molecule has 1 unspecified atom stereocenters. The lowest BCUT2D eigenvalue weighted by molar-refractivity contribution is -0.440. The molecule has 10 nitrogen and oxygen atoms in total. The van der Waals surface area contributed by atoms with E-state index in [-0.39, 0.29) is 19.6 Å². The number of amides is 1. The van der Waals surface area contributed by atoms with E-state index in [4.69, 9.17) is 14.5 Å². The maximum Gasteiger partial charge on any atom is 0.407 e. The molecule has 0 saturated carbocycles. The van der Waals surface area contributed by atoms with Crippen LogP contribution in [0.3, 0.4) is 0 Å². The molecule has 0 fully saturated rings. The molecule has 1 rings (SSSR count). The van der Waals surface area contributed by atoms with E-state index < -0.39 is 33.5 Å². The molecule has 1 amide bonds. The number of nitrogens with one attached hydrogen (secondary N) is 1. The molecule has 0 spiro atoms. The Morgan fingerprint density at radius 2 is 1.75 bits per heavy atom. The van der Waals surface area contributed by atoms with Gasteiger partial charge in [0.25, 0.3) is 0 Å². The van der Waals surface area contributed by atoms with Gasteiger partial charge in [-0.3, -0.25) is 0 Å². The molecule has 1 aromatic rings.